The van der Waals surface area contributed by atoms with Gasteiger partial charge >= 0.3 is 6.01 Å². The molecule has 4 rings (SSSR count). The fraction of sp³-hybridized carbons (Fsp3) is 0.182. The van der Waals surface area contributed by atoms with Crippen LogP contribution < -0.4 is 14.8 Å². The molecule has 0 unspecified atom stereocenters. The number of benzene rings is 1. The highest BCUT2D eigenvalue weighted by Gasteiger charge is 2.11. The molecule has 3 aromatic heterocycles. The summed E-state index contributed by atoms with van der Waals surface area (Å²) in [4.78, 5) is 14.4. The number of nitrogens with zero attached hydrogens (tertiary/aromatic N) is 2. The highest BCUT2D eigenvalue weighted by molar-refractivity contribution is 7.18. The fourth-order valence-corrected chi connectivity index (χ4v) is 3.92. The smallest absolute Gasteiger partial charge is 0.318 e. The number of ether oxygens (including phenoxy) is 2. The first-order valence-electron chi connectivity index (χ1n) is 9.29. The Morgan fingerprint density at radius 2 is 1.79 bits per heavy atom. The molecular formula is C22H22N4O2S. The molecule has 2 N–H and O–H groups in total. The Bertz CT molecular complexity index is 1060. The molecule has 29 heavy (non-hydrogen) atoms. The number of aromatic amines is 1. The van der Waals surface area contributed by atoms with Gasteiger partial charge in [0.1, 0.15) is 11.6 Å². The lowest BCUT2D eigenvalue weighted by molar-refractivity contribution is 0.381. The van der Waals surface area contributed by atoms with Gasteiger partial charge in [0, 0.05) is 18.8 Å². The number of methoxy groups -OCH3 is 2. The van der Waals surface area contributed by atoms with E-state index in [2.05, 4.69) is 50.6 Å². The predicted molar refractivity (Wildman–Crippen MR) is 117 cm³/mol. The molecule has 0 spiro atoms. The fourth-order valence-electron chi connectivity index (χ4n) is 2.96. The van der Waals surface area contributed by atoms with Gasteiger partial charge in [0.2, 0.25) is 0 Å². The summed E-state index contributed by atoms with van der Waals surface area (Å²) in [5.74, 6) is 1.61. The molecule has 3 heterocycles. The van der Waals surface area contributed by atoms with Gasteiger partial charge < -0.3 is 19.8 Å². The van der Waals surface area contributed by atoms with Gasteiger partial charge in [-0.25, -0.2) is 0 Å². The number of hydrogen-bond donors (Lipinski definition) is 2. The van der Waals surface area contributed by atoms with E-state index in [0.29, 0.717) is 6.01 Å². The van der Waals surface area contributed by atoms with E-state index >= 15 is 0 Å². The van der Waals surface area contributed by atoms with Crippen LogP contribution in [0.2, 0.25) is 0 Å². The van der Waals surface area contributed by atoms with Crippen LogP contribution >= 0.6 is 11.3 Å². The Hall–Kier alpha value is -3.32. The van der Waals surface area contributed by atoms with E-state index in [9.17, 15) is 0 Å². The SMILES string of the molecule is COc1ccc(CCNc2cc(-c3ccc(-c4ccc[nH]4)s3)nc(OC)n2)cc1. The number of thiophene rings is 1. The van der Waals surface area contributed by atoms with Crippen molar-refractivity contribution in [2.75, 3.05) is 26.1 Å². The van der Waals surface area contributed by atoms with Crippen LogP contribution in [0.4, 0.5) is 5.82 Å². The van der Waals surface area contributed by atoms with Crippen LogP contribution in [-0.4, -0.2) is 35.7 Å². The second-order valence-corrected chi connectivity index (χ2v) is 7.48. The quantitative estimate of drug-likeness (QED) is 0.437. The average molecular weight is 407 g/mol. The van der Waals surface area contributed by atoms with Gasteiger partial charge in [0.15, 0.2) is 0 Å². The van der Waals surface area contributed by atoms with Crippen molar-refractivity contribution in [2.24, 2.45) is 0 Å². The highest BCUT2D eigenvalue weighted by Crippen LogP contribution is 2.34. The van der Waals surface area contributed by atoms with E-state index in [4.69, 9.17) is 9.47 Å². The maximum absolute atomic E-state index is 5.31. The molecule has 0 aliphatic rings. The third kappa shape index (κ3) is 4.57. The van der Waals surface area contributed by atoms with E-state index in [1.54, 1.807) is 25.6 Å². The number of rotatable bonds is 8. The van der Waals surface area contributed by atoms with Gasteiger partial charge in [-0.1, -0.05) is 12.1 Å². The van der Waals surface area contributed by atoms with E-state index in [0.717, 1.165) is 45.7 Å². The minimum absolute atomic E-state index is 0.351. The third-order valence-electron chi connectivity index (χ3n) is 4.49. The molecule has 6 nitrogen and oxygen atoms in total. The first kappa shape index (κ1) is 19.0. The summed E-state index contributed by atoms with van der Waals surface area (Å²) in [6.07, 6.45) is 2.80. The van der Waals surface area contributed by atoms with Crippen LogP contribution in [0, 0.1) is 0 Å². The van der Waals surface area contributed by atoms with Crippen LogP contribution in [0.25, 0.3) is 21.1 Å². The molecule has 0 radical (unpaired) electrons. The molecule has 7 heteroatoms. The minimum atomic E-state index is 0.351. The van der Waals surface area contributed by atoms with E-state index < -0.39 is 0 Å². The second kappa shape index (κ2) is 8.79. The van der Waals surface area contributed by atoms with Crippen LogP contribution in [-0.2, 0) is 6.42 Å². The second-order valence-electron chi connectivity index (χ2n) is 6.40. The molecular weight excluding hydrogens is 384 g/mol. The van der Waals surface area contributed by atoms with Crippen LogP contribution in [0.1, 0.15) is 5.56 Å². The zero-order valence-electron chi connectivity index (χ0n) is 16.3. The summed E-state index contributed by atoms with van der Waals surface area (Å²) in [7, 11) is 3.25. The summed E-state index contributed by atoms with van der Waals surface area (Å²) < 4.78 is 10.5. The standard InChI is InChI=1S/C22H22N4O2S/c1-27-16-7-5-15(6-8-16)11-13-24-21-14-18(25-22(26-21)28-2)20-10-9-19(29-20)17-4-3-12-23-17/h3-10,12,14,23H,11,13H2,1-2H3,(H,24,25,26). The summed E-state index contributed by atoms with van der Waals surface area (Å²) >= 11 is 1.68. The summed E-state index contributed by atoms with van der Waals surface area (Å²) in [6, 6.07) is 18.6. The summed E-state index contributed by atoms with van der Waals surface area (Å²) in [5, 5.41) is 3.38. The maximum atomic E-state index is 5.31. The third-order valence-corrected chi connectivity index (χ3v) is 5.63. The zero-order chi connectivity index (χ0) is 20.1. The molecule has 4 aromatic rings. The number of H-pyrrole nitrogens is 1. The van der Waals surface area contributed by atoms with Gasteiger partial charge in [-0.15, -0.1) is 11.3 Å². The Balaban J connectivity index is 1.48. The molecule has 0 amide bonds. The molecule has 1 aromatic carbocycles. The Kier molecular flexibility index (Phi) is 5.76. The Morgan fingerprint density at radius 3 is 2.52 bits per heavy atom. The predicted octanol–water partition coefficient (Wildman–Crippen LogP) is 4.87. The first-order chi connectivity index (χ1) is 14.2. The van der Waals surface area contributed by atoms with Gasteiger partial charge in [-0.2, -0.15) is 9.97 Å². The first-order valence-corrected chi connectivity index (χ1v) is 10.1. The van der Waals surface area contributed by atoms with Crippen molar-refractivity contribution in [1.82, 2.24) is 15.0 Å². The van der Waals surface area contributed by atoms with Crippen molar-refractivity contribution >= 4 is 17.2 Å². The topological polar surface area (TPSA) is 72.1 Å². The van der Waals surface area contributed by atoms with Crippen LogP contribution in [0.15, 0.2) is 60.8 Å². The van der Waals surface area contributed by atoms with E-state index in [1.165, 1.54) is 5.56 Å². The normalized spacial score (nSPS) is 10.7. The van der Waals surface area contributed by atoms with Crippen molar-refractivity contribution < 1.29 is 9.47 Å². The van der Waals surface area contributed by atoms with Crippen LogP contribution in [0.5, 0.6) is 11.8 Å². The Morgan fingerprint density at radius 1 is 0.966 bits per heavy atom. The van der Waals surface area contributed by atoms with Crippen LogP contribution in [0.3, 0.4) is 0 Å². The number of anilines is 1. The number of hydrogen-bond acceptors (Lipinski definition) is 6. The van der Waals surface area contributed by atoms with Gasteiger partial charge in [0.05, 0.1) is 35.4 Å². The molecule has 0 aliphatic carbocycles. The van der Waals surface area contributed by atoms with E-state index in [1.807, 2.05) is 30.5 Å². The minimum Gasteiger partial charge on any atom is -0.497 e. The lowest BCUT2D eigenvalue weighted by Crippen LogP contribution is -2.07. The van der Waals surface area contributed by atoms with Crippen molar-refractivity contribution in [3.8, 4) is 32.9 Å². The average Bonchev–Trinajstić information content (AvgIpc) is 3.46. The molecule has 0 saturated heterocycles. The molecule has 0 fully saturated rings. The van der Waals surface area contributed by atoms with Crippen molar-refractivity contribution in [1.29, 1.82) is 0 Å². The van der Waals surface area contributed by atoms with Gasteiger partial charge in [0.25, 0.3) is 0 Å². The molecule has 0 bridgehead atoms. The molecule has 0 saturated carbocycles. The molecule has 148 valence electrons. The zero-order valence-corrected chi connectivity index (χ0v) is 17.1. The summed E-state index contributed by atoms with van der Waals surface area (Å²) in [6.45, 7) is 0.754. The Labute approximate surface area is 173 Å². The van der Waals surface area contributed by atoms with Gasteiger partial charge in [-0.3, -0.25) is 0 Å². The molecule has 0 atom stereocenters. The monoisotopic (exact) mass is 406 g/mol. The maximum Gasteiger partial charge on any atom is 0.318 e. The van der Waals surface area contributed by atoms with Crippen molar-refractivity contribution in [2.45, 2.75) is 6.42 Å². The van der Waals surface area contributed by atoms with Crippen molar-refractivity contribution in [3.05, 3.63) is 66.4 Å². The van der Waals surface area contributed by atoms with Gasteiger partial charge in [-0.05, 0) is 48.4 Å². The lowest BCUT2D eigenvalue weighted by atomic mass is 10.1. The van der Waals surface area contributed by atoms with Crippen molar-refractivity contribution in [3.63, 3.8) is 0 Å². The summed E-state index contributed by atoms with van der Waals surface area (Å²) in [5.41, 5.74) is 3.17. The largest absolute Gasteiger partial charge is 0.497 e. The lowest BCUT2D eigenvalue weighted by Gasteiger charge is -2.09. The number of nitrogens with one attached hydrogen (secondary N) is 2. The van der Waals surface area contributed by atoms with E-state index in [-0.39, 0.29) is 0 Å². The highest BCUT2D eigenvalue weighted by atomic mass is 32.1. The molecule has 0 aliphatic heterocycles. The number of aromatic nitrogens is 3.